The summed E-state index contributed by atoms with van der Waals surface area (Å²) in [6.45, 7) is 3.79. The largest absolute Gasteiger partial charge is 0.493 e. The number of halogens is 1. The molecule has 0 atom stereocenters. The number of methoxy groups -OCH3 is 1. The summed E-state index contributed by atoms with van der Waals surface area (Å²) in [7, 11) is 1.51. The smallest absolute Gasteiger partial charge is 0.260 e. The predicted molar refractivity (Wildman–Crippen MR) is 104 cm³/mol. The second-order valence-electron chi connectivity index (χ2n) is 6.13. The van der Waals surface area contributed by atoms with Crippen molar-refractivity contribution in [2.45, 2.75) is 6.54 Å². The Labute approximate surface area is 167 Å². The van der Waals surface area contributed by atoms with Crippen LogP contribution < -0.4 is 9.47 Å². The van der Waals surface area contributed by atoms with Gasteiger partial charge in [-0.2, -0.15) is 5.26 Å². The second kappa shape index (κ2) is 9.09. The highest BCUT2D eigenvalue weighted by Crippen LogP contribution is 2.28. The lowest BCUT2D eigenvalue weighted by Gasteiger charge is -2.34. The predicted octanol–water partition coefficient (Wildman–Crippen LogP) is 3.00. The Morgan fingerprint density at radius 1 is 1.22 bits per heavy atom. The van der Waals surface area contributed by atoms with Crippen LogP contribution >= 0.6 is 22.9 Å². The third-order valence-corrected chi connectivity index (χ3v) is 5.59. The minimum absolute atomic E-state index is 0.0528. The molecule has 0 aliphatic carbocycles. The van der Waals surface area contributed by atoms with Gasteiger partial charge >= 0.3 is 0 Å². The normalized spacial score (nSPS) is 14.6. The van der Waals surface area contributed by atoms with Crippen LogP contribution in [0, 0.1) is 11.3 Å². The summed E-state index contributed by atoms with van der Waals surface area (Å²) in [5.41, 5.74) is 0.480. The molecule has 2 aromatic rings. The van der Waals surface area contributed by atoms with E-state index in [1.54, 1.807) is 29.5 Å². The van der Waals surface area contributed by atoms with Crippen molar-refractivity contribution in [3.8, 4) is 17.6 Å². The maximum atomic E-state index is 12.4. The number of benzene rings is 1. The summed E-state index contributed by atoms with van der Waals surface area (Å²) in [5.74, 6) is 0.847. The molecule has 2 heterocycles. The number of carbonyl (C=O) groups excluding carboxylic acids is 1. The molecule has 3 rings (SSSR count). The lowest BCUT2D eigenvalue weighted by Crippen LogP contribution is -2.49. The van der Waals surface area contributed by atoms with E-state index in [9.17, 15) is 4.79 Å². The van der Waals surface area contributed by atoms with Crippen molar-refractivity contribution in [2.24, 2.45) is 0 Å². The van der Waals surface area contributed by atoms with Crippen LogP contribution in [0.25, 0.3) is 0 Å². The SMILES string of the molecule is COc1cc(C#N)ccc1OCC(=O)N1CCN(Cc2ccc(Cl)s2)CC1. The van der Waals surface area contributed by atoms with Gasteiger partial charge in [0.2, 0.25) is 0 Å². The van der Waals surface area contributed by atoms with Crippen LogP contribution in [0.15, 0.2) is 30.3 Å². The molecule has 8 heteroatoms. The Morgan fingerprint density at radius 2 is 2.00 bits per heavy atom. The maximum absolute atomic E-state index is 12.4. The summed E-state index contributed by atoms with van der Waals surface area (Å²) in [6, 6.07) is 10.9. The molecular weight excluding hydrogens is 386 g/mol. The van der Waals surface area contributed by atoms with Crippen molar-refractivity contribution in [3.63, 3.8) is 0 Å². The molecule has 1 amide bonds. The fraction of sp³-hybridized carbons (Fsp3) is 0.368. The minimum atomic E-state index is -0.0553. The standard InChI is InChI=1S/C19H20ClN3O3S/c1-25-17-10-14(11-21)2-4-16(17)26-13-19(24)23-8-6-22(7-9-23)12-15-3-5-18(20)27-15/h2-5,10H,6-9,12-13H2,1H3. The van der Waals surface area contributed by atoms with Gasteiger partial charge in [0.25, 0.3) is 5.91 Å². The summed E-state index contributed by atoms with van der Waals surface area (Å²) in [5, 5.41) is 8.94. The van der Waals surface area contributed by atoms with Gasteiger partial charge in [-0.3, -0.25) is 9.69 Å². The average Bonchev–Trinajstić information content (AvgIpc) is 3.11. The molecule has 0 radical (unpaired) electrons. The van der Waals surface area contributed by atoms with Crippen molar-refractivity contribution in [2.75, 3.05) is 39.9 Å². The number of nitriles is 1. The number of hydrogen-bond acceptors (Lipinski definition) is 6. The van der Waals surface area contributed by atoms with Gasteiger partial charge in [0.15, 0.2) is 18.1 Å². The third-order valence-electron chi connectivity index (χ3n) is 4.38. The minimum Gasteiger partial charge on any atom is -0.493 e. The topological polar surface area (TPSA) is 65.8 Å². The van der Waals surface area contributed by atoms with E-state index in [1.807, 2.05) is 23.1 Å². The van der Waals surface area contributed by atoms with Gasteiger partial charge in [-0.15, -0.1) is 11.3 Å². The van der Waals surface area contributed by atoms with Gasteiger partial charge in [0, 0.05) is 43.7 Å². The van der Waals surface area contributed by atoms with Crippen LogP contribution in [0.3, 0.4) is 0 Å². The van der Waals surface area contributed by atoms with Gasteiger partial charge in [-0.25, -0.2) is 0 Å². The van der Waals surface area contributed by atoms with Crippen molar-refractivity contribution in [1.82, 2.24) is 9.80 Å². The zero-order valence-corrected chi connectivity index (χ0v) is 16.6. The van der Waals surface area contributed by atoms with Crippen LogP contribution in [0.2, 0.25) is 4.34 Å². The van der Waals surface area contributed by atoms with Gasteiger partial charge < -0.3 is 14.4 Å². The Balaban J connectivity index is 1.48. The lowest BCUT2D eigenvalue weighted by molar-refractivity contribution is -0.135. The van der Waals surface area contributed by atoms with Crippen LogP contribution in [-0.2, 0) is 11.3 Å². The van der Waals surface area contributed by atoms with Gasteiger partial charge in [-0.05, 0) is 24.3 Å². The highest BCUT2D eigenvalue weighted by molar-refractivity contribution is 7.16. The zero-order chi connectivity index (χ0) is 19.2. The number of hydrogen-bond donors (Lipinski definition) is 0. The van der Waals surface area contributed by atoms with E-state index >= 15 is 0 Å². The summed E-state index contributed by atoms with van der Waals surface area (Å²) in [6.07, 6.45) is 0. The fourth-order valence-electron chi connectivity index (χ4n) is 2.90. The number of piperazine rings is 1. The summed E-state index contributed by atoms with van der Waals surface area (Å²) in [4.78, 5) is 17.8. The molecule has 1 aliphatic rings. The molecule has 1 fully saturated rings. The zero-order valence-electron chi connectivity index (χ0n) is 15.0. The Bertz CT molecular complexity index is 841. The average molecular weight is 406 g/mol. The van der Waals surface area contributed by atoms with E-state index in [0.29, 0.717) is 30.2 Å². The molecule has 142 valence electrons. The number of nitrogens with zero attached hydrogens (tertiary/aromatic N) is 3. The van der Waals surface area contributed by atoms with Crippen LogP contribution in [0.4, 0.5) is 0 Å². The van der Waals surface area contributed by atoms with Gasteiger partial charge in [-0.1, -0.05) is 11.6 Å². The Hall–Kier alpha value is -2.27. The van der Waals surface area contributed by atoms with E-state index in [-0.39, 0.29) is 12.5 Å². The van der Waals surface area contributed by atoms with Crippen LogP contribution in [0.1, 0.15) is 10.4 Å². The van der Waals surface area contributed by atoms with Gasteiger partial charge in [0.05, 0.1) is 23.1 Å². The first-order chi connectivity index (χ1) is 13.1. The van der Waals surface area contributed by atoms with E-state index in [4.69, 9.17) is 26.3 Å². The molecule has 1 aromatic carbocycles. The first kappa shape index (κ1) is 19.5. The molecule has 0 saturated carbocycles. The highest BCUT2D eigenvalue weighted by atomic mass is 35.5. The summed E-state index contributed by atoms with van der Waals surface area (Å²) >= 11 is 7.57. The lowest BCUT2D eigenvalue weighted by atomic mass is 10.2. The fourth-order valence-corrected chi connectivity index (χ4v) is 4.03. The molecule has 0 spiro atoms. The second-order valence-corrected chi connectivity index (χ2v) is 7.93. The first-order valence-corrected chi connectivity index (χ1v) is 9.74. The van der Waals surface area contributed by atoms with Crippen LogP contribution in [-0.4, -0.2) is 55.6 Å². The first-order valence-electron chi connectivity index (χ1n) is 8.54. The quantitative estimate of drug-likeness (QED) is 0.739. The van der Waals surface area contributed by atoms with E-state index < -0.39 is 0 Å². The Morgan fingerprint density at radius 3 is 2.63 bits per heavy atom. The number of thiophene rings is 1. The molecule has 6 nitrogen and oxygen atoms in total. The molecule has 0 unspecified atom stereocenters. The number of carbonyl (C=O) groups is 1. The van der Waals surface area contributed by atoms with Crippen molar-refractivity contribution >= 4 is 28.8 Å². The Kier molecular flexibility index (Phi) is 6.56. The molecule has 1 aliphatic heterocycles. The van der Waals surface area contributed by atoms with E-state index in [1.165, 1.54) is 12.0 Å². The molecular formula is C19H20ClN3O3S. The monoisotopic (exact) mass is 405 g/mol. The van der Waals surface area contributed by atoms with Crippen LogP contribution in [0.5, 0.6) is 11.5 Å². The van der Waals surface area contributed by atoms with E-state index in [2.05, 4.69) is 4.90 Å². The molecule has 27 heavy (non-hydrogen) atoms. The maximum Gasteiger partial charge on any atom is 0.260 e. The van der Waals surface area contributed by atoms with Crippen molar-refractivity contribution in [1.29, 1.82) is 5.26 Å². The number of rotatable bonds is 6. The summed E-state index contributed by atoms with van der Waals surface area (Å²) < 4.78 is 11.6. The molecule has 0 bridgehead atoms. The van der Waals surface area contributed by atoms with Crippen molar-refractivity contribution in [3.05, 3.63) is 45.1 Å². The molecule has 0 N–H and O–H groups in total. The molecule has 1 aromatic heterocycles. The third kappa shape index (κ3) is 5.13. The molecule has 1 saturated heterocycles. The number of amides is 1. The van der Waals surface area contributed by atoms with E-state index in [0.717, 1.165) is 24.0 Å². The van der Waals surface area contributed by atoms with Gasteiger partial charge in [0.1, 0.15) is 0 Å². The van der Waals surface area contributed by atoms with Crippen molar-refractivity contribution < 1.29 is 14.3 Å². The highest BCUT2D eigenvalue weighted by Gasteiger charge is 2.22. The number of ether oxygens (including phenoxy) is 2.